The van der Waals surface area contributed by atoms with Crippen molar-refractivity contribution in [3.05, 3.63) is 22.2 Å². The molecule has 6 heteroatoms. The predicted molar refractivity (Wildman–Crippen MR) is 67.3 cm³/mol. The van der Waals surface area contributed by atoms with E-state index in [1.807, 2.05) is 0 Å². The smallest absolute Gasteiger partial charge is 0.341 e. The van der Waals surface area contributed by atoms with Gasteiger partial charge in [-0.15, -0.1) is 0 Å². The van der Waals surface area contributed by atoms with Gasteiger partial charge in [-0.1, -0.05) is 0 Å². The number of aliphatic hydroxyl groups is 1. The van der Waals surface area contributed by atoms with Gasteiger partial charge >= 0.3 is 5.97 Å². The van der Waals surface area contributed by atoms with Gasteiger partial charge < -0.3 is 19.9 Å². The molecule has 0 aliphatic rings. The third kappa shape index (κ3) is 3.10. The van der Waals surface area contributed by atoms with Crippen LogP contribution in [0.1, 0.15) is 17.3 Å². The van der Waals surface area contributed by atoms with Crippen LogP contribution >= 0.6 is 15.9 Å². The number of nitrogens with one attached hydrogen (secondary N) is 1. The second-order valence-corrected chi connectivity index (χ2v) is 4.17. The number of hydrogen-bond donors (Lipinski definition) is 2. The molecule has 1 aromatic rings. The van der Waals surface area contributed by atoms with Crippen molar-refractivity contribution in [2.45, 2.75) is 13.2 Å². The molecule has 1 atom stereocenters. The first-order chi connectivity index (χ1) is 8.01. The second kappa shape index (κ2) is 5.88. The van der Waals surface area contributed by atoms with Crippen LogP contribution < -0.4 is 10.1 Å². The number of aliphatic hydroxyl groups excluding tert-OH is 1. The van der Waals surface area contributed by atoms with Gasteiger partial charge in [0.05, 0.1) is 19.9 Å². The Balaban J connectivity index is 3.30. The zero-order chi connectivity index (χ0) is 13.0. The van der Waals surface area contributed by atoms with E-state index in [-0.39, 0.29) is 0 Å². The summed E-state index contributed by atoms with van der Waals surface area (Å²) >= 11 is 3.32. The van der Waals surface area contributed by atoms with Crippen LogP contribution in [0.4, 0.5) is 5.69 Å². The van der Waals surface area contributed by atoms with Crippen LogP contribution in [0.15, 0.2) is 16.6 Å². The van der Waals surface area contributed by atoms with Crippen LogP contribution in [-0.4, -0.2) is 31.5 Å². The molecule has 0 heterocycles. The van der Waals surface area contributed by atoms with Crippen molar-refractivity contribution in [2.24, 2.45) is 0 Å². The Morgan fingerprint density at radius 3 is 2.59 bits per heavy atom. The summed E-state index contributed by atoms with van der Waals surface area (Å²) in [5, 5.41) is 12.1. The highest BCUT2D eigenvalue weighted by Crippen LogP contribution is 2.36. The van der Waals surface area contributed by atoms with Crippen LogP contribution in [-0.2, 0) is 4.74 Å². The number of esters is 1. The zero-order valence-electron chi connectivity index (χ0n) is 9.78. The number of carbonyl (C=O) groups is 1. The highest BCUT2D eigenvalue weighted by atomic mass is 79.9. The number of halogens is 1. The number of carbonyl (C=O) groups excluding carboxylic acids is 1. The van der Waals surface area contributed by atoms with Gasteiger partial charge in [0, 0.05) is 4.47 Å². The van der Waals surface area contributed by atoms with E-state index >= 15 is 0 Å². The van der Waals surface area contributed by atoms with Gasteiger partial charge in [0.15, 0.2) is 5.75 Å². The van der Waals surface area contributed by atoms with Crippen molar-refractivity contribution in [3.63, 3.8) is 0 Å². The molecule has 0 bridgehead atoms. The molecule has 0 saturated carbocycles. The summed E-state index contributed by atoms with van der Waals surface area (Å²) < 4.78 is 10.5. The third-order valence-electron chi connectivity index (χ3n) is 2.07. The van der Waals surface area contributed by atoms with Crippen LogP contribution in [0.5, 0.6) is 5.75 Å². The van der Waals surface area contributed by atoms with E-state index in [0.29, 0.717) is 21.5 Å². The summed E-state index contributed by atoms with van der Waals surface area (Å²) in [4.78, 5) is 11.5. The summed E-state index contributed by atoms with van der Waals surface area (Å²) in [5.74, 6) is -0.171. The standard InChI is InChI=1S/C11H14BrNO4/c1-6(14)13-9-8(12)5-4-7(10(9)16-2)11(15)17-3/h4-6,13-14H,1-3H3. The minimum Gasteiger partial charge on any atom is -0.494 e. The quantitative estimate of drug-likeness (QED) is 0.658. The maximum absolute atomic E-state index is 11.5. The van der Waals surface area contributed by atoms with E-state index in [1.54, 1.807) is 19.1 Å². The second-order valence-electron chi connectivity index (χ2n) is 3.32. The van der Waals surface area contributed by atoms with Crippen LogP contribution in [0.3, 0.4) is 0 Å². The van der Waals surface area contributed by atoms with Crippen LogP contribution in [0, 0.1) is 0 Å². The molecule has 0 amide bonds. The molecule has 94 valence electrons. The molecule has 0 aromatic heterocycles. The van der Waals surface area contributed by atoms with Crippen LogP contribution in [0.25, 0.3) is 0 Å². The Kier molecular flexibility index (Phi) is 4.77. The molecule has 0 radical (unpaired) electrons. The topological polar surface area (TPSA) is 67.8 Å². The highest BCUT2D eigenvalue weighted by Gasteiger charge is 2.19. The first kappa shape index (κ1) is 13.8. The summed E-state index contributed by atoms with van der Waals surface area (Å²) in [6.07, 6.45) is -0.770. The van der Waals surface area contributed by atoms with Crippen molar-refractivity contribution in [3.8, 4) is 5.75 Å². The fraction of sp³-hybridized carbons (Fsp3) is 0.364. The number of methoxy groups -OCH3 is 2. The lowest BCUT2D eigenvalue weighted by atomic mass is 10.1. The van der Waals surface area contributed by atoms with E-state index in [9.17, 15) is 9.90 Å². The molecule has 0 aliphatic heterocycles. The Labute approximate surface area is 108 Å². The molecule has 2 N–H and O–H groups in total. The van der Waals surface area contributed by atoms with E-state index in [2.05, 4.69) is 26.0 Å². The first-order valence-electron chi connectivity index (χ1n) is 4.90. The van der Waals surface area contributed by atoms with E-state index < -0.39 is 12.2 Å². The van der Waals surface area contributed by atoms with Crippen molar-refractivity contribution in [2.75, 3.05) is 19.5 Å². The van der Waals surface area contributed by atoms with Crippen LogP contribution in [0.2, 0.25) is 0 Å². The fourth-order valence-electron chi connectivity index (χ4n) is 1.38. The van der Waals surface area contributed by atoms with Gasteiger partial charge in [0.1, 0.15) is 11.8 Å². The molecule has 0 spiro atoms. The molecule has 0 saturated heterocycles. The Morgan fingerprint density at radius 1 is 1.47 bits per heavy atom. The predicted octanol–water partition coefficient (Wildman–Crippen LogP) is 1.99. The Morgan fingerprint density at radius 2 is 2.12 bits per heavy atom. The van der Waals surface area contributed by atoms with Gasteiger partial charge in [-0.05, 0) is 35.0 Å². The molecular formula is C11H14BrNO4. The average Bonchev–Trinajstić information content (AvgIpc) is 2.30. The van der Waals surface area contributed by atoms with E-state index in [1.165, 1.54) is 14.2 Å². The maximum Gasteiger partial charge on any atom is 0.341 e. The molecule has 17 heavy (non-hydrogen) atoms. The Hall–Kier alpha value is -1.27. The lowest BCUT2D eigenvalue weighted by Crippen LogP contribution is -2.16. The SMILES string of the molecule is COC(=O)c1ccc(Br)c(NC(C)O)c1OC. The van der Waals surface area contributed by atoms with E-state index in [0.717, 1.165) is 0 Å². The fourth-order valence-corrected chi connectivity index (χ4v) is 1.81. The van der Waals surface area contributed by atoms with Crippen molar-refractivity contribution < 1.29 is 19.4 Å². The monoisotopic (exact) mass is 303 g/mol. The van der Waals surface area contributed by atoms with Gasteiger partial charge in [-0.2, -0.15) is 0 Å². The molecule has 1 unspecified atom stereocenters. The van der Waals surface area contributed by atoms with Crippen molar-refractivity contribution in [1.29, 1.82) is 0 Å². The van der Waals surface area contributed by atoms with Crippen molar-refractivity contribution in [1.82, 2.24) is 0 Å². The minimum absolute atomic E-state index is 0.293. The minimum atomic E-state index is -0.770. The summed E-state index contributed by atoms with van der Waals surface area (Å²) in [6.45, 7) is 1.57. The zero-order valence-corrected chi connectivity index (χ0v) is 11.4. The number of anilines is 1. The Bertz CT molecular complexity index is 420. The lowest BCUT2D eigenvalue weighted by Gasteiger charge is -2.17. The van der Waals surface area contributed by atoms with Gasteiger partial charge in [-0.3, -0.25) is 0 Å². The number of hydrogen-bond acceptors (Lipinski definition) is 5. The van der Waals surface area contributed by atoms with Crippen molar-refractivity contribution >= 4 is 27.6 Å². The molecule has 1 aromatic carbocycles. The summed E-state index contributed by atoms with van der Waals surface area (Å²) in [6, 6.07) is 3.27. The first-order valence-corrected chi connectivity index (χ1v) is 5.70. The van der Waals surface area contributed by atoms with Gasteiger partial charge in [-0.25, -0.2) is 4.79 Å². The lowest BCUT2D eigenvalue weighted by molar-refractivity contribution is 0.0597. The van der Waals surface area contributed by atoms with Gasteiger partial charge in [0.25, 0.3) is 0 Å². The highest BCUT2D eigenvalue weighted by molar-refractivity contribution is 9.10. The normalized spacial score (nSPS) is 11.8. The van der Waals surface area contributed by atoms with Gasteiger partial charge in [0.2, 0.25) is 0 Å². The molecule has 5 nitrogen and oxygen atoms in total. The maximum atomic E-state index is 11.5. The molecule has 0 aliphatic carbocycles. The number of rotatable bonds is 4. The summed E-state index contributed by atoms with van der Waals surface area (Å²) in [5.41, 5.74) is 0.798. The van der Waals surface area contributed by atoms with E-state index in [4.69, 9.17) is 4.74 Å². The number of benzene rings is 1. The largest absolute Gasteiger partial charge is 0.494 e. The average molecular weight is 304 g/mol. The molecule has 1 rings (SSSR count). The molecule has 0 fully saturated rings. The third-order valence-corrected chi connectivity index (χ3v) is 2.73. The summed E-state index contributed by atoms with van der Waals surface area (Å²) in [7, 11) is 2.74. The molecular weight excluding hydrogens is 290 g/mol. The number of ether oxygens (including phenoxy) is 2.